The first-order valence-electron chi connectivity index (χ1n) is 7.56. The fourth-order valence-electron chi connectivity index (χ4n) is 3.28. The van der Waals surface area contributed by atoms with Gasteiger partial charge >= 0.3 is 0 Å². The lowest BCUT2D eigenvalue weighted by Gasteiger charge is -2.38. The molecular formula is C16H26O2. The maximum atomic E-state index is 12.8. The molecule has 2 nitrogen and oxygen atoms in total. The molecule has 0 amide bonds. The summed E-state index contributed by atoms with van der Waals surface area (Å²) in [6.45, 7) is 4.93. The van der Waals surface area contributed by atoms with E-state index in [4.69, 9.17) is 4.74 Å². The Kier molecular flexibility index (Phi) is 4.60. The fourth-order valence-corrected chi connectivity index (χ4v) is 3.28. The van der Waals surface area contributed by atoms with E-state index >= 15 is 0 Å². The average molecular weight is 250 g/mol. The number of ether oxygens (including phenoxy) is 1. The minimum absolute atomic E-state index is 0.302. The van der Waals surface area contributed by atoms with Crippen LogP contribution in [0.4, 0.5) is 0 Å². The van der Waals surface area contributed by atoms with Crippen molar-refractivity contribution in [3.8, 4) is 0 Å². The third-order valence-electron chi connectivity index (χ3n) is 4.50. The molecule has 0 aromatic heterocycles. The summed E-state index contributed by atoms with van der Waals surface area (Å²) >= 11 is 0. The molecule has 0 aliphatic heterocycles. The molecular weight excluding hydrogens is 224 g/mol. The lowest BCUT2D eigenvalue weighted by molar-refractivity contribution is -0.146. The van der Waals surface area contributed by atoms with E-state index in [1.165, 1.54) is 6.42 Å². The fraction of sp³-hybridized carbons (Fsp3) is 0.812. The second kappa shape index (κ2) is 6.01. The topological polar surface area (TPSA) is 26.3 Å². The van der Waals surface area contributed by atoms with Crippen LogP contribution in [0.5, 0.6) is 0 Å². The van der Waals surface area contributed by atoms with Gasteiger partial charge in [0.25, 0.3) is 0 Å². The molecule has 102 valence electrons. The number of carbonyl (C=O) groups is 1. The van der Waals surface area contributed by atoms with E-state index in [-0.39, 0.29) is 0 Å². The number of ketones is 1. The highest BCUT2D eigenvalue weighted by Gasteiger charge is 2.42. The Hall–Kier alpha value is -0.630. The zero-order chi connectivity index (χ0) is 13.0. The molecule has 1 saturated carbocycles. The standard InChI is InChI=1S/C16H26O2/c1-3-18-16(11-9-13(2)10-12-16)15(17)14-7-5-4-6-8-14/h7,13H,3-6,8-12H2,1-2H3. The van der Waals surface area contributed by atoms with Crippen molar-refractivity contribution in [2.75, 3.05) is 6.61 Å². The molecule has 2 heteroatoms. The van der Waals surface area contributed by atoms with E-state index in [0.29, 0.717) is 12.4 Å². The molecule has 0 aromatic carbocycles. The summed E-state index contributed by atoms with van der Waals surface area (Å²) in [5.74, 6) is 1.04. The largest absolute Gasteiger partial charge is 0.367 e. The Bertz CT molecular complexity index is 322. The maximum absolute atomic E-state index is 12.8. The van der Waals surface area contributed by atoms with Crippen molar-refractivity contribution in [1.29, 1.82) is 0 Å². The van der Waals surface area contributed by atoms with Crippen molar-refractivity contribution in [3.63, 3.8) is 0 Å². The molecule has 2 aliphatic carbocycles. The van der Waals surface area contributed by atoms with Crippen LogP contribution in [0.3, 0.4) is 0 Å². The van der Waals surface area contributed by atoms with Gasteiger partial charge in [0.15, 0.2) is 5.78 Å². The molecule has 0 spiro atoms. The highest BCUT2D eigenvalue weighted by atomic mass is 16.5. The van der Waals surface area contributed by atoms with Crippen LogP contribution >= 0.6 is 0 Å². The van der Waals surface area contributed by atoms with Crippen LogP contribution in [0.1, 0.15) is 65.2 Å². The molecule has 18 heavy (non-hydrogen) atoms. The molecule has 0 radical (unpaired) electrons. The van der Waals surface area contributed by atoms with Crippen molar-refractivity contribution in [3.05, 3.63) is 11.6 Å². The van der Waals surface area contributed by atoms with Gasteiger partial charge < -0.3 is 4.74 Å². The van der Waals surface area contributed by atoms with E-state index in [2.05, 4.69) is 13.0 Å². The van der Waals surface area contributed by atoms with Gasteiger partial charge in [0.1, 0.15) is 5.60 Å². The van der Waals surface area contributed by atoms with Gasteiger partial charge in [-0.1, -0.05) is 13.0 Å². The predicted octanol–water partition coefficient (Wildman–Crippen LogP) is 4.04. The third kappa shape index (κ3) is 2.85. The first-order valence-corrected chi connectivity index (χ1v) is 7.56. The third-order valence-corrected chi connectivity index (χ3v) is 4.50. The van der Waals surface area contributed by atoms with Crippen LogP contribution in [0.2, 0.25) is 0 Å². The van der Waals surface area contributed by atoms with Crippen molar-refractivity contribution >= 4 is 5.78 Å². The second-order valence-corrected chi connectivity index (χ2v) is 5.91. The van der Waals surface area contributed by atoms with Crippen molar-refractivity contribution in [2.24, 2.45) is 5.92 Å². The van der Waals surface area contributed by atoms with Crippen LogP contribution in [0.25, 0.3) is 0 Å². The number of hydrogen-bond acceptors (Lipinski definition) is 2. The van der Waals surface area contributed by atoms with Gasteiger partial charge in [-0.05, 0) is 69.8 Å². The number of allylic oxidation sites excluding steroid dienone is 1. The molecule has 2 aliphatic rings. The van der Waals surface area contributed by atoms with Gasteiger partial charge in [-0.3, -0.25) is 4.79 Å². The number of carbonyl (C=O) groups excluding carboxylic acids is 1. The summed E-state index contributed by atoms with van der Waals surface area (Å²) in [6, 6.07) is 0. The van der Waals surface area contributed by atoms with Crippen molar-refractivity contribution < 1.29 is 9.53 Å². The van der Waals surface area contributed by atoms with Crippen LogP contribution in [0, 0.1) is 5.92 Å². The molecule has 0 atom stereocenters. The highest BCUT2D eigenvalue weighted by Crippen LogP contribution is 2.38. The highest BCUT2D eigenvalue weighted by molar-refractivity contribution is 6.02. The number of hydrogen-bond donors (Lipinski definition) is 0. The molecule has 2 rings (SSSR count). The predicted molar refractivity (Wildman–Crippen MR) is 73.5 cm³/mol. The molecule has 0 saturated heterocycles. The zero-order valence-electron chi connectivity index (χ0n) is 11.8. The summed E-state index contributed by atoms with van der Waals surface area (Å²) in [5.41, 5.74) is 0.564. The quantitative estimate of drug-likeness (QED) is 0.752. The molecule has 0 unspecified atom stereocenters. The molecule has 0 N–H and O–H groups in total. The number of Topliss-reactive ketones (excluding diaryl/α,β-unsaturated/α-hetero) is 1. The summed E-state index contributed by atoms with van der Waals surface area (Å²) in [6.07, 6.45) is 10.7. The van der Waals surface area contributed by atoms with Crippen LogP contribution in [-0.2, 0) is 9.53 Å². The maximum Gasteiger partial charge on any atom is 0.190 e. The first-order chi connectivity index (χ1) is 8.68. The Morgan fingerprint density at radius 1 is 1.39 bits per heavy atom. The minimum Gasteiger partial charge on any atom is -0.367 e. The van der Waals surface area contributed by atoms with E-state index in [9.17, 15) is 4.79 Å². The van der Waals surface area contributed by atoms with Gasteiger partial charge in [0.05, 0.1) is 0 Å². The molecule has 0 heterocycles. The van der Waals surface area contributed by atoms with Crippen molar-refractivity contribution in [2.45, 2.75) is 70.8 Å². The van der Waals surface area contributed by atoms with Gasteiger partial charge in [-0.2, -0.15) is 0 Å². The summed E-state index contributed by atoms with van der Waals surface area (Å²) in [5, 5.41) is 0. The molecule has 1 fully saturated rings. The monoisotopic (exact) mass is 250 g/mol. The smallest absolute Gasteiger partial charge is 0.190 e. The molecule has 0 bridgehead atoms. The normalized spacial score (nSPS) is 33.0. The van der Waals surface area contributed by atoms with Gasteiger partial charge in [-0.25, -0.2) is 0 Å². The van der Waals surface area contributed by atoms with Crippen LogP contribution in [-0.4, -0.2) is 18.0 Å². The van der Waals surface area contributed by atoms with Gasteiger partial charge in [0, 0.05) is 6.61 Å². The lowest BCUT2D eigenvalue weighted by atomic mass is 9.74. The number of rotatable bonds is 4. The second-order valence-electron chi connectivity index (χ2n) is 5.91. The Labute approximate surface area is 111 Å². The van der Waals surface area contributed by atoms with E-state index in [0.717, 1.165) is 56.4 Å². The zero-order valence-corrected chi connectivity index (χ0v) is 11.8. The first kappa shape index (κ1) is 13.8. The van der Waals surface area contributed by atoms with E-state index in [1.807, 2.05) is 6.92 Å². The summed E-state index contributed by atoms with van der Waals surface area (Å²) in [4.78, 5) is 12.8. The Morgan fingerprint density at radius 3 is 2.67 bits per heavy atom. The van der Waals surface area contributed by atoms with Crippen LogP contribution in [0.15, 0.2) is 11.6 Å². The van der Waals surface area contributed by atoms with Gasteiger partial charge in [-0.15, -0.1) is 0 Å². The Morgan fingerprint density at radius 2 is 2.11 bits per heavy atom. The van der Waals surface area contributed by atoms with Gasteiger partial charge in [0.2, 0.25) is 0 Å². The van der Waals surface area contributed by atoms with Crippen molar-refractivity contribution in [1.82, 2.24) is 0 Å². The summed E-state index contributed by atoms with van der Waals surface area (Å²) in [7, 11) is 0. The Balaban J connectivity index is 2.13. The van der Waals surface area contributed by atoms with Crippen LogP contribution < -0.4 is 0 Å². The minimum atomic E-state index is -0.482. The lowest BCUT2D eigenvalue weighted by Crippen LogP contribution is -2.45. The SMILES string of the molecule is CCOC1(C(=O)C2=CCCCC2)CCC(C)CC1. The summed E-state index contributed by atoms with van der Waals surface area (Å²) < 4.78 is 5.94. The average Bonchev–Trinajstić information content (AvgIpc) is 2.42. The van der Waals surface area contributed by atoms with E-state index in [1.54, 1.807) is 0 Å². The van der Waals surface area contributed by atoms with E-state index < -0.39 is 5.60 Å². The molecule has 0 aromatic rings.